The van der Waals surface area contributed by atoms with Crippen LogP contribution in [0, 0.1) is 0 Å². The number of rotatable bonds is 3. The molecule has 1 saturated carbocycles. The van der Waals surface area contributed by atoms with Gasteiger partial charge in [-0.05, 0) is 43.9 Å². The van der Waals surface area contributed by atoms with Crippen molar-refractivity contribution in [3.05, 3.63) is 23.8 Å². The average molecular weight is 283 g/mol. The van der Waals surface area contributed by atoms with E-state index in [1.165, 1.54) is 18.2 Å². The van der Waals surface area contributed by atoms with Crippen LogP contribution in [0.1, 0.15) is 36.0 Å². The summed E-state index contributed by atoms with van der Waals surface area (Å²) in [6.07, 6.45) is 4.87. The van der Waals surface area contributed by atoms with Crippen LogP contribution in [0.4, 0.5) is 5.69 Å². The summed E-state index contributed by atoms with van der Waals surface area (Å²) in [6, 6.07) is 4.08. The number of hydrogen-bond donors (Lipinski definition) is 1. The van der Waals surface area contributed by atoms with Crippen molar-refractivity contribution >= 4 is 21.5 Å². The summed E-state index contributed by atoms with van der Waals surface area (Å²) in [6.45, 7) is 0. The van der Waals surface area contributed by atoms with Crippen molar-refractivity contribution < 1.29 is 17.9 Å². The summed E-state index contributed by atoms with van der Waals surface area (Å²) in [5.41, 5.74) is 6.05. The third kappa shape index (κ3) is 3.47. The fourth-order valence-corrected chi connectivity index (χ4v) is 2.87. The molecule has 0 spiro atoms. The van der Waals surface area contributed by atoms with E-state index in [1.807, 2.05) is 0 Å². The van der Waals surface area contributed by atoms with Gasteiger partial charge < -0.3 is 10.5 Å². The molecule has 19 heavy (non-hydrogen) atoms. The molecule has 0 aliphatic heterocycles. The largest absolute Gasteiger partial charge is 0.459 e. The van der Waals surface area contributed by atoms with E-state index in [2.05, 4.69) is 0 Å². The number of carbonyl (C=O) groups is 1. The molecule has 2 rings (SSSR count). The predicted molar refractivity (Wildman–Crippen MR) is 71.6 cm³/mol. The number of ether oxygens (including phenoxy) is 1. The Hall–Kier alpha value is -1.56. The number of esters is 1. The van der Waals surface area contributed by atoms with Crippen molar-refractivity contribution in [2.45, 2.75) is 36.7 Å². The van der Waals surface area contributed by atoms with Crippen molar-refractivity contribution in [1.29, 1.82) is 0 Å². The number of benzene rings is 1. The van der Waals surface area contributed by atoms with Crippen LogP contribution >= 0.6 is 0 Å². The quantitative estimate of drug-likeness (QED) is 0.675. The lowest BCUT2D eigenvalue weighted by molar-refractivity contribution is 0.0317. The van der Waals surface area contributed by atoms with Crippen molar-refractivity contribution in [3.63, 3.8) is 0 Å². The molecule has 1 fully saturated rings. The van der Waals surface area contributed by atoms with Crippen molar-refractivity contribution in [2.75, 3.05) is 12.0 Å². The molecule has 0 radical (unpaired) electrons. The Kier molecular flexibility index (Phi) is 3.80. The van der Waals surface area contributed by atoms with Crippen molar-refractivity contribution in [3.8, 4) is 0 Å². The van der Waals surface area contributed by atoms with Gasteiger partial charge in [0.05, 0.1) is 10.5 Å². The topological polar surface area (TPSA) is 86.5 Å². The second-order valence-corrected chi connectivity index (χ2v) is 6.89. The van der Waals surface area contributed by atoms with E-state index in [0.717, 1.165) is 31.9 Å². The molecular formula is C13H17NO4S. The van der Waals surface area contributed by atoms with Gasteiger partial charge in [0.25, 0.3) is 0 Å². The third-order valence-electron chi connectivity index (χ3n) is 3.17. The Morgan fingerprint density at radius 2 is 1.89 bits per heavy atom. The highest BCUT2D eigenvalue weighted by Gasteiger charge is 2.21. The van der Waals surface area contributed by atoms with Gasteiger partial charge in [0.15, 0.2) is 9.84 Å². The molecule has 1 aliphatic carbocycles. The van der Waals surface area contributed by atoms with Gasteiger partial charge in [-0.1, -0.05) is 0 Å². The zero-order chi connectivity index (χ0) is 14.0. The van der Waals surface area contributed by atoms with Gasteiger partial charge in [-0.3, -0.25) is 0 Å². The monoisotopic (exact) mass is 283 g/mol. The minimum Gasteiger partial charge on any atom is -0.459 e. The highest BCUT2D eigenvalue weighted by atomic mass is 32.2. The molecule has 0 atom stereocenters. The first-order valence-electron chi connectivity index (χ1n) is 6.18. The minimum atomic E-state index is -3.40. The van der Waals surface area contributed by atoms with E-state index >= 15 is 0 Å². The van der Waals surface area contributed by atoms with Crippen LogP contribution < -0.4 is 5.73 Å². The van der Waals surface area contributed by atoms with E-state index in [0.29, 0.717) is 0 Å². The Labute approximate surface area is 112 Å². The third-order valence-corrected chi connectivity index (χ3v) is 4.26. The zero-order valence-electron chi connectivity index (χ0n) is 10.8. The van der Waals surface area contributed by atoms with Crippen molar-refractivity contribution in [1.82, 2.24) is 0 Å². The summed E-state index contributed by atoms with van der Waals surface area (Å²) in [5, 5.41) is 0. The molecule has 1 aromatic carbocycles. The Morgan fingerprint density at radius 3 is 2.47 bits per heavy atom. The summed E-state index contributed by atoms with van der Waals surface area (Å²) in [4.78, 5) is 12.0. The first kappa shape index (κ1) is 13.9. The predicted octanol–water partition coefficient (Wildman–Crippen LogP) is 1.77. The molecule has 5 nitrogen and oxygen atoms in total. The Balaban J connectivity index is 2.24. The molecule has 0 bridgehead atoms. The van der Waals surface area contributed by atoms with Crippen LogP contribution in [0.2, 0.25) is 0 Å². The van der Waals surface area contributed by atoms with E-state index in [9.17, 15) is 13.2 Å². The standard InChI is InChI=1S/C13H17NO4S/c1-19(16,17)12-7-9(6-10(14)8-12)13(15)18-11-4-2-3-5-11/h6-8,11H,2-5,14H2,1H3. The maximum absolute atomic E-state index is 12.0. The molecule has 0 saturated heterocycles. The minimum absolute atomic E-state index is 0.0332. The van der Waals surface area contributed by atoms with Crippen LogP contribution in [-0.2, 0) is 14.6 Å². The van der Waals surface area contributed by atoms with Gasteiger partial charge in [-0.25, -0.2) is 13.2 Å². The van der Waals surface area contributed by atoms with Crippen molar-refractivity contribution in [2.24, 2.45) is 0 Å². The van der Waals surface area contributed by atoms with Crippen LogP contribution in [0.3, 0.4) is 0 Å². The lowest BCUT2D eigenvalue weighted by Crippen LogP contribution is -2.15. The smallest absolute Gasteiger partial charge is 0.338 e. The highest BCUT2D eigenvalue weighted by molar-refractivity contribution is 7.90. The normalized spacial score (nSPS) is 16.5. The van der Waals surface area contributed by atoms with Gasteiger partial charge in [0, 0.05) is 11.9 Å². The van der Waals surface area contributed by atoms with E-state index < -0.39 is 15.8 Å². The zero-order valence-corrected chi connectivity index (χ0v) is 11.6. The number of sulfone groups is 1. The molecule has 1 aromatic rings. The number of carbonyl (C=O) groups excluding carboxylic acids is 1. The fraction of sp³-hybridized carbons (Fsp3) is 0.462. The van der Waals surface area contributed by atoms with Gasteiger partial charge in [-0.2, -0.15) is 0 Å². The second-order valence-electron chi connectivity index (χ2n) is 4.87. The molecule has 0 unspecified atom stereocenters. The summed E-state index contributed by atoms with van der Waals surface area (Å²) in [5.74, 6) is -0.510. The Morgan fingerprint density at radius 1 is 1.26 bits per heavy atom. The highest BCUT2D eigenvalue weighted by Crippen LogP contribution is 2.23. The summed E-state index contributed by atoms with van der Waals surface area (Å²) >= 11 is 0. The van der Waals surface area contributed by atoms with E-state index in [-0.39, 0.29) is 22.3 Å². The molecule has 0 amide bonds. The first-order chi connectivity index (χ1) is 8.86. The molecular weight excluding hydrogens is 266 g/mol. The lowest BCUT2D eigenvalue weighted by Gasteiger charge is -2.12. The molecule has 0 heterocycles. The fourth-order valence-electron chi connectivity index (χ4n) is 2.18. The second kappa shape index (κ2) is 5.21. The maximum atomic E-state index is 12.0. The number of anilines is 1. The molecule has 6 heteroatoms. The molecule has 0 aromatic heterocycles. The molecule has 104 valence electrons. The summed E-state index contributed by atoms with van der Waals surface area (Å²) < 4.78 is 28.3. The van der Waals surface area contributed by atoms with Crippen LogP contribution in [-0.4, -0.2) is 26.7 Å². The first-order valence-corrected chi connectivity index (χ1v) is 8.07. The number of hydrogen-bond acceptors (Lipinski definition) is 5. The van der Waals surface area contributed by atoms with Gasteiger partial charge in [0.1, 0.15) is 6.10 Å². The number of nitrogens with two attached hydrogens (primary N) is 1. The number of nitrogen functional groups attached to an aromatic ring is 1. The van der Waals surface area contributed by atoms with E-state index in [1.54, 1.807) is 0 Å². The molecule has 1 aliphatic rings. The SMILES string of the molecule is CS(=O)(=O)c1cc(N)cc(C(=O)OC2CCCC2)c1. The van der Waals surface area contributed by atoms with Crippen LogP contribution in [0.25, 0.3) is 0 Å². The van der Waals surface area contributed by atoms with E-state index in [4.69, 9.17) is 10.5 Å². The van der Waals surface area contributed by atoms with Crippen LogP contribution in [0.5, 0.6) is 0 Å². The van der Waals surface area contributed by atoms with Gasteiger partial charge >= 0.3 is 5.97 Å². The van der Waals surface area contributed by atoms with Crippen LogP contribution in [0.15, 0.2) is 23.1 Å². The van der Waals surface area contributed by atoms with Gasteiger partial charge in [-0.15, -0.1) is 0 Å². The molecule has 2 N–H and O–H groups in total. The average Bonchev–Trinajstić information content (AvgIpc) is 2.79. The Bertz CT molecular complexity index is 589. The maximum Gasteiger partial charge on any atom is 0.338 e. The van der Waals surface area contributed by atoms with Gasteiger partial charge in [0.2, 0.25) is 0 Å². The lowest BCUT2D eigenvalue weighted by atomic mass is 10.2. The summed E-state index contributed by atoms with van der Waals surface area (Å²) in [7, 11) is -3.40.